The van der Waals surface area contributed by atoms with Gasteiger partial charge in [0.1, 0.15) is 5.00 Å². The highest BCUT2D eigenvalue weighted by Crippen LogP contribution is 2.38. The summed E-state index contributed by atoms with van der Waals surface area (Å²) in [5.74, 6) is -0.998. The van der Waals surface area contributed by atoms with Crippen molar-refractivity contribution >= 4 is 57.3 Å². The van der Waals surface area contributed by atoms with Crippen molar-refractivity contribution in [2.45, 2.75) is 19.9 Å². The van der Waals surface area contributed by atoms with Crippen molar-refractivity contribution in [2.24, 2.45) is 0 Å². The normalized spacial score (nSPS) is 13.1. The van der Waals surface area contributed by atoms with E-state index in [2.05, 4.69) is 5.32 Å². The van der Waals surface area contributed by atoms with Crippen molar-refractivity contribution in [3.8, 4) is 0 Å². The van der Waals surface area contributed by atoms with Gasteiger partial charge in [-0.15, -0.1) is 11.3 Å². The van der Waals surface area contributed by atoms with Gasteiger partial charge < -0.3 is 15.0 Å². The van der Waals surface area contributed by atoms with Crippen molar-refractivity contribution in [1.29, 1.82) is 0 Å². The highest BCUT2D eigenvalue weighted by atomic mass is 35.5. The second-order valence-corrected chi connectivity index (χ2v) is 7.98. The quantitative estimate of drug-likeness (QED) is 0.752. The van der Waals surface area contributed by atoms with Crippen LogP contribution in [0.5, 0.6) is 0 Å². The van der Waals surface area contributed by atoms with E-state index >= 15 is 0 Å². The number of rotatable bonds is 3. The lowest BCUT2D eigenvalue weighted by molar-refractivity contribution is -0.129. The summed E-state index contributed by atoms with van der Waals surface area (Å²) in [5, 5.41) is 3.82. The Labute approximate surface area is 170 Å². The van der Waals surface area contributed by atoms with Crippen LogP contribution in [0.15, 0.2) is 18.2 Å². The number of nitrogens with zero attached hydrogens (tertiary/aromatic N) is 1. The zero-order valence-electron chi connectivity index (χ0n) is 14.6. The molecule has 0 radical (unpaired) electrons. The molecule has 142 valence electrons. The van der Waals surface area contributed by atoms with E-state index in [1.54, 1.807) is 4.90 Å². The van der Waals surface area contributed by atoms with Gasteiger partial charge in [-0.3, -0.25) is 9.59 Å². The zero-order valence-corrected chi connectivity index (χ0v) is 16.9. The molecule has 1 aliphatic heterocycles. The first-order chi connectivity index (χ1) is 12.8. The third-order valence-corrected chi connectivity index (χ3v) is 5.81. The molecule has 2 heterocycles. The van der Waals surface area contributed by atoms with Gasteiger partial charge in [-0.2, -0.15) is 0 Å². The van der Waals surface area contributed by atoms with Crippen molar-refractivity contribution in [3.63, 3.8) is 0 Å². The number of benzene rings is 1. The fraction of sp³-hybridized carbons (Fsp3) is 0.278. The number of hydrogen-bond acceptors (Lipinski definition) is 5. The molecule has 1 aromatic carbocycles. The molecular formula is C18H16Cl2N2O4S. The van der Waals surface area contributed by atoms with Crippen LogP contribution in [0.3, 0.4) is 0 Å². The molecule has 3 rings (SSSR count). The van der Waals surface area contributed by atoms with Crippen molar-refractivity contribution < 1.29 is 19.1 Å². The van der Waals surface area contributed by atoms with Gasteiger partial charge in [-0.05, 0) is 30.2 Å². The van der Waals surface area contributed by atoms with Gasteiger partial charge in [0.15, 0.2) is 0 Å². The number of anilines is 1. The average Bonchev–Trinajstić information content (AvgIpc) is 2.96. The summed E-state index contributed by atoms with van der Waals surface area (Å²) >= 11 is 13.2. The number of halogens is 2. The molecule has 0 atom stereocenters. The SMILES string of the molecule is COC(=O)c1c(NC(=O)c2cc(Cl)cc(Cl)c2)sc2c1CCN(C(C)=O)C2. The largest absolute Gasteiger partial charge is 0.465 e. The monoisotopic (exact) mass is 426 g/mol. The Kier molecular flexibility index (Phi) is 5.74. The van der Waals surface area contributed by atoms with Crippen LogP contribution in [0.4, 0.5) is 5.00 Å². The minimum absolute atomic E-state index is 0.0344. The molecule has 27 heavy (non-hydrogen) atoms. The molecule has 6 nitrogen and oxygen atoms in total. The molecular weight excluding hydrogens is 411 g/mol. The third-order valence-electron chi connectivity index (χ3n) is 4.24. The standard InChI is InChI=1S/C18H16Cl2N2O4S/c1-9(23)22-4-3-13-14(8-22)27-17(15(13)18(25)26-2)21-16(24)10-5-11(19)7-12(20)6-10/h5-7H,3-4,8H2,1-2H3,(H,21,24). The predicted octanol–water partition coefficient (Wildman–Crippen LogP) is 4.00. The molecule has 0 saturated carbocycles. The van der Waals surface area contributed by atoms with Gasteiger partial charge in [0.2, 0.25) is 5.91 Å². The van der Waals surface area contributed by atoms with E-state index in [9.17, 15) is 14.4 Å². The molecule has 9 heteroatoms. The molecule has 0 bridgehead atoms. The Balaban J connectivity index is 1.96. The first-order valence-electron chi connectivity index (χ1n) is 8.06. The van der Waals surface area contributed by atoms with E-state index in [4.69, 9.17) is 27.9 Å². The lowest BCUT2D eigenvalue weighted by Gasteiger charge is -2.25. The van der Waals surface area contributed by atoms with Crippen LogP contribution in [0, 0.1) is 0 Å². The molecule has 1 aliphatic rings. The van der Waals surface area contributed by atoms with Crippen LogP contribution < -0.4 is 5.32 Å². The number of fused-ring (bicyclic) bond motifs is 1. The summed E-state index contributed by atoms with van der Waals surface area (Å²) in [4.78, 5) is 39.2. The van der Waals surface area contributed by atoms with Crippen LogP contribution in [0.1, 0.15) is 38.1 Å². The molecule has 1 N–H and O–H groups in total. The Morgan fingerprint density at radius 1 is 1.19 bits per heavy atom. The highest BCUT2D eigenvalue weighted by Gasteiger charge is 2.30. The summed E-state index contributed by atoms with van der Waals surface area (Å²) in [5.41, 5.74) is 1.42. The summed E-state index contributed by atoms with van der Waals surface area (Å²) in [6.45, 7) is 2.42. The fourth-order valence-corrected chi connectivity index (χ4v) is 4.71. The summed E-state index contributed by atoms with van der Waals surface area (Å²) in [7, 11) is 1.29. The maximum atomic E-state index is 12.6. The van der Waals surface area contributed by atoms with E-state index in [-0.39, 0.29) is 11.5 Å². The number of hydrogen-bond donors (Lipinski definition) is 1. The van der Waals surface area contributed by atoms with Crippen LogP contribution in [0.2, 0.25) is 10.0 Å². The number of amides is 2. The topological polar surface area (TPSA) is 75.7 Å². The Morgan fingerprint density at radius 2 is 1.85 bits per heavy atom. The van der Waals surface area contributed by atoms with E-state index in [0.29, 0.717) is 40.1 Å². The van der Waals surface area contributed by atoms with E-state index < -0.39 is 11.9 Å². The molecule has 2 aromatic rings. The number of carbonyl (C=O) groups is 3. The highest BCUT2D eigenvalue weighted by molar-refractivity contribution is 7.17. The molecule has 0 spiro atoms. The van der Waals surface area contributed by atoms with E-state index in [1.165, 1.54) is 43.6 Å². The minimum Gasteiger partial charge on any atom is -0.465 e. The fourth-order valence-electron chi connectivity index (χ4n) is 2.94. The summed E-state index contributed by atoms with van der Waals surface area (Å²) in [6.07, 6.45) is 0.523. The summed E-state index contributed by atoms with van der Waals surface area (Å²) < 4.78 is 4.89. The smallest absolute Gasteiger partial charge is 0.341 e. The number of methoxy groups -OCH3 is 1. The summed E-state index contributed by atoms with van der Waals surface area (Å²) in [6, 6.07) is 4.51. The molecule has 0 saturated heterocycles. The van der Waals surface area contributed by atoms with Crippen LogP contribution >= 0.6 is 34.5 Å². The van der Waals surface area contributed by atoms with Crippen LogP contribution in [-0.2, 0) is 22.5 Å². The molecule has 2 amide bonds. The average molecular weight is 427 g/mol. The second-order valence-electron chi connectivity index (χ2n) is 6.00. The first-order valence-corrected chi connectivity index (χ1v) is 9.63. The van der Waals surface area contributed by atoms with Crippen LogP contribution in [-0.4, -0.2) is 36.3 Å². The van der Waals surface area contributed by atoms with E-state index in [0.717, 1.165) is 10.4 Å². The Bertz CT molecular complexity index is 921. The van der Waals surface area contributed by atoms with Crippen LogP contribution in [0.25, 0.3) is 0 Å². The molecule has 0 unspecified atom stereocenters. The molecule has 0 fully saturated rings. The minimum atomic E-state index is -0.525. The van der Waals surface area contributed by atoms with Crippen molar-refractivity contribution in [1.82, 2.24) is 4.90 Å². The zero-order chi connectivity index (χ0) is 19.7. The third kappa shape index (κ3) is 4.10. The van der Waals surface area contributed by atoms with Gasteiger partial charge in [0.05, 0.1) is 19.2 Å². The number of carbonyl (C=O) groups excluding carboxylic acids is 3. The Morgan fingerprint density at radius 3 is 2.44 bits per heavy atom. The molecule has 0 aliphatic carbocycles. The van der Waals surface area contributed by atoms with E-state index in [1.807, 2.05) is 0 Å². The lowest BCUT2D eigenvalue weighted by Crippen LogP contribution is -2.33. The van der Waals surface area contributed by atoms with Crippen molar-refractivity contribution in [3.05, 3.63) is 49.8 Å². The number of nitrogens with one attached hydrogen (secondary N) is 1. The van der Waals surface area contributed by atoms with Gasteiger partial charge in [-0.1, -0.05) is 23.2 Å². The predicted molar refractivity (Wildman–Crippen MR) is 105 cm³/mol. The number of thiophene rings is 1. The van der Waals surface area contributed by atoms with Crippen molar-refractivity contribution in [2.75, 3.05) is 19.0 Å². The first kappa shape index (κ1) is 19.7. The van der Waals surface area contributed by atoms with Gasteiger partial charge in [0, 0.05) is 34.0 Å². The maximum absolute atomic E-state index is 12.6. The molecule has 1 aromatic heterocycles. The lowest BCUT2D eigenvalue weighted by atomic mass is 10.0. The second kappa shape index (κ2) is 7.88. The number of esters is 1. The van der Waals surface area contributed by atoms with Gasteiger partial charge >= 0.3 is 5.97 Å². The number of ether oxygens (including phenoxy) is 1. The maximum Gasteiger partial charge on any atom is 0.341 e. The Hall–Kier alpha value is -2.09. The van der Waals surface area contributed by atoms with Gasteiger partial charge in [0.25, 0.3) is 5.91 Å². The van der Waals surface area contributed by atoms with Gasteiger partial charge in [-0.25, -0.2) is 4.79 Å².